The molecule has 2 aromatic rings. The third kappa shape index (κ3) is 6.16. The first-order chi connectivity index (χ1) is 11.3. The minimum absolute atomic E-state index is 0.103. The van der Waals surface area contributed by atoms with E-state index in [0.717, 1.165) is 23.5 Å². The maximum atomic E-state index is 11.7. The van der Waals surface area contributed by atoms with Gasteiger partial charge in [0.25, 0.3) is 0 Å². The van der Waals surface area contributed by atoms with Crippen molar-refractivity contribution in [3.05, 3.63) is 65.7 Å². The van der Waals surface area contributed by atoms with Gasteiger partial charge in [0.2, 0.25) is 5.91 Å². The lowest BCUT2D eigenvalue weighted by atomic mass is 10.2. The summed E-state index contributed by atoms with van der Waals surface area (Å²) in [6.45, 7) is 0. The highest BCUT2D eigenvalue weighted by atomic mass is 32.2. The number of rotatable bonds is 8. The normalized spacial score (nSPS) is 10.7. The second-order valence-corrected chi connectivity index (χ2v) is 5.93. The molecule has 0 heterocycles. The van der Waals surface area contributed by atoms with Crippen LogP contribution in [0.15, 0.2) is 59.7 Å². The summed E-state index contributed by atoms with van der Waals surface area (Å²) in [6, 6.07) is 17.8. The number of ether oxygens (including phenoxy) is 1. The maximum absolute atomic E-state index is 11.7. The van der Waals surface area contributed by atoms with Crippen LogP contribution in [0.5, 0.6) is 5.75 Å². The number of carbonyl (C=O) groups is 1. The van der Waals surface area contributed by atoms with Crippen molar-refractivity contribution in [2.24, 2.45) is 5.10 Å². The fraction of sp³-hybridized carbons (Fsp3) is 0.222. The van der Waals surface area contributed by atoms with Gasteiger partial charge in [0, 0.05) is 5.56 Å². The Morgan fingerprint density at radius 1 is 1.17 bits per heavy atom. The van der Waals surface area contributed by atoms with Gasteiger partial charge >= 0.3 is 0 Å². The number of hydrazone groups is 1. The van der Waals surface area contributed by atoms with Crippen LogP contribution < -0.4 is 10.2 Å². The molecule has 23 heavy (non-hydrogen) atoms. The Labute approximate surface area is 140 Å². The largest absolute Gasteiger partial charge is 0.496 e. The van der Waals surface area contributed by atoms with Crippen LogP contribution in [0.4, 0.5) is 0 Å². The summed E-state index contributed by atoms with van der Waals surface area (Å²) < 4.78 is 5.22. The zero-order valence-electron chi connectivity index (χ0n) is 13.1. The number of thioether (sulfide) groups is 1. The fourth-order valence-corrected chi connectivity index (χ4v) is 2.75. The lowest BCUT2D eigenvalue weighted by Gasteiger charge is -2.03. The van der Waals surface area contributed by atoms with Crippen LogP contribution in [-0.4, -0.2) is 30.7 Å². The van der Waals surface area contributed by atoms with E-state index in [4.69, 9.17) is 4.74 Å². The second kappa shape index (κ2) is 9.69. The lowest BCUT2D eigenvalue weighted by molar-refractivity contribution is -0.118. The summed E-state index contributed by atoms with van der Waals surface area (Å²) in [7, 11) is 1.61. The van der Waals surface area contributed by atoms with E-state index < -0.39 is 0 Å². The van der Waals surface area contributed by atoms with Crippen LogP contribution in [0.2, 0.25) is 0 Å². The van der Waals surface area contributed by atoms with Crippen LogP contribution in [-0.2, 0) is 11.2 Å². The number of aryl methyl sites for hydroxylation is 1. The van der Waals surface area contributed by atoms with Crippen LogP contribution in [0.25, 0.3) is 0 Å². The molecule has 2 aromatic carbocycles. The minimum Gasteiger partial charge on any atom is -0.496 e. The predicted molar refractivity (Wildman–Crippen MR) is 96.2 cm³/mol. The number of nitrogens with one attached hydrogen (secondary N) is 1. The van der Waals surface area contributed by atoms with E-state index in [0.29, 0.717) is 5.75 Å². The van der Waals surface area contributed by atoms with E-state index in [9.17, 15) is 4.79 Å². The highest BCUT2D eigenvalue weighted by molar-refractivity contribution is 7.99. The Kier molecular flexibility index (Phi) is 7.20. The summed E-state index contributed by atoms with van der Waals surface area (Å²) in [5.74, 6) is 1.93. The maximum Gasteiger partial charge on any atom is 0.250 e. The van der Waals surface area contributed by atoms with Gasteiger partial charge in [-0.25, -0.2) is 5.43 Å². The van der Waals surface area contributed by atoms with Gasteiger partial charge in [-0.05, 0) is 29.9 Å². The highest BCUT2D eigenvalue weighted by Gasteiger charge is 2.01. The Bertz CT molecular complexity index is 644. The summed E-state index contributed by atoms with van der Waals surface area (Å²) in [5.41, 5.74) is 4.65. The third-order valence-electron chi connectivity index (χ3n) is 3.14. The van der Waals surface area contributed by atoms with Gasteiger partial charge in [-0.3, -0.25) is 4.79 Å². The van der Waals surface area contributed by atoms with Gasteiger partial charge < -0.3 is 4.74 Å². The van der Waals surface area contributed by atoms with Crippen LogP contribution in [0, 0.1) is 0 Å². The van der Waals surface area contributed by atoms with E-state index in [-0.39, 0.29) is 5.91 Å². The number of benzene rings is 2. The number of hydrogen-bond donors (Lipinski definition) is 1. The molecule has 0 aliphatic rings. The van der Waals surface area contributed by atoms with Crippen molar-refractivity contribution in [2.75, 3.05) is 18.6 Å². The Morgan fingerprint density at radius 3 is 2.70 bits per heavy atom. The molecule has 0 aromatic heterocycles. The average molecular weight is 328 g/mol. The average Bonchev–Trinajstić information content (AvgIpc) is 2.60. The van der Waals surface area contributed by atoms with Crippen molar-refractivity contribution in [3.63, 3.8) is 0 Å². The Hall–Kier alpha value is -2.27. The summed E-state index contributed by atoms with van der Waals surface area (Å²) in [5, 5.41) is 3.97. The highest BCUT2D eigenvalue weighted by Crippen LogP contribution is 2.14. The van der Waals surface area contributed by atoms with E-state index in [1.54, 1.807) is 25.1 Å². The fourth-order valence-electron chi connectivity index (χ4n) is 1.98. The molecule has 120 valence electrons. The number of hydrogen-bond acceptors (Lipinski definition) is 4. The molecule has 0 saturated carbocycles. The van der Waals surface area contributed by atoms with Crippen molar-refractivity contribution >= 4 is 23.9 Å². The third-order valence-corrected chi connectivity index (χ3v) is 4.10. The molecule has 0 spiro atoms. The SMILES string of the molecule is COc1ccccc1/C=N\NC(=O)CSCCc1ccccc1. The lowest BCUT2D eigenvalue weighted by Crippen LogP contribution is -2.20. The number of para-hydroxylation sites is 1. The Balaban J connectivity index is 1.68. The smallest absolute Gasteiger partial charge is 0.250 e. The van der Waals surface area contributed by atoms with Gasteiger partial charge in [-0.2, -0.15) is 16.9 Å². The molecule has 0 aliphatic carbocycles. The van der Waals surface area contributed by atoms with E-state index in [2.05, 4.69) is 22.7 Å². The van der Waals surface area contributed by atoms with Crippen LogP contribution >= 0.6 is 11.8 Å². The summed E-state index contributed by atoms with van der Waals surface area (Å²) in [4.78, 5) is 11.7. The molecular weight excluding hydrogens is 308 g/mol. The number of methoxy groups -OCH3 is 1. The molecule has 1 amide bonds. The van der Waals surface area contributed by atoms with Crippen molar-refractivity contribution in [1.82, 2.24) is 5.43 Å². The van der Waals surface area contributed by atoms with E-state index in [1.165, 1.54) is 5.56 Å². The molecule has 4 nitrogen and oxygen atoms in total. The Morgan fingerprint density at radius 2 is 1.91 bits per heavy atom. The van der Waals surface area contributed by atoms with Crippen molar-refractivity contribution in [2.45, 2.75) is 6.42 Å². The first-order valence-corrected chi connectivity index (χ1v) is 8.51. The molecule has 0 radical (unpaired) electrons. The van der Waals surface area contributed by atoms with Gasteiger partial charge in [-0.15, -0.1) is 0 Å². The topological polar surface area (TPSA) is 50.7 Å². The predicted octanol–water partition coefficient (Wildman–Crippen LogP) is 3.12. The van der Waals surface area contributed by atoms with E-state index >= 15 is 0 Å². The molecule has 0 fully saturated rings. The quantitative estimate of drug-likeness (QED) is 0.460. The number of amides is 1. The zero-order valence-corrected chi connectivity index (χ0v) is 13.9. The minimum atomic E-state index is -0.103. The van der Waals surface area contributed by atoms with Gasteiger partial charge in [0.15, 0.2) is 0 Å². The molecule has 1 N–H and O–H groups in total. The first kappa shape index (κ1) is 17.1. The zero-order chi connectivity index (χ0) is 16.3. The van der Waals surface area contributed by atoms with Crippen molar-refractivity contribution < 1.29 is 9.53 Å². The van der Waals surface area contributed by atoms with E-state index in [1.807, 2.05) is 42.5 Å². The standard InChI is InChI=1S/C18H20N2O2S/c1-22-17-10-6-5-9-16(17)13-19-20-18(21)14-23-12-11-15-7-3-2-4-8-15/h2-10,13H,11-12,14H2,1H3,(H,20,21)/b19-13-. The van der Waals surface area contributed by atoms with Crippen molar-refractivity contribution in [1.29, 1.82) is 0 Å². The molecule has 0 saturated heterocycles. The van der Waals surface area contributed by atoms with Crippen LogP contribution in [0.3, 0.4) is 0 Å². The van der Waals surface area contributed by atoms with Gasteiger partial charge in [0.05, 0.1) is 19.1 Å². The van der Waals surface area contributed by atoms with Crippen LogP contribution in [0.1, 0.15) is 11.1 Å². The molecular formula is C18H20N2O2S. The monoisotopic (exact) mass is 328 g/mol. The number of nitrogens with zero attached hydrogens (tertiary/aromatic N) is 1. The molecule has 2 rings (SSSR count). The first-order valence-electron chi connectivity index (χ1n) is 7.36. The molecule has 0 bridgehead atoms. The molecule has 5 heteroatoms. The second-order valence-electron chi connectivity index (χ2n) is 4.82. The summed E-state index contributed by atoms with van der Waals surface area (Å²) in [6.07, 6.45) is 2.55. The molecule has 0 aliphatic heterocycles. The van der Waals surface area contributed by atoms with Gasteiger partial charge in [0.1, 0.15) is 5.75 Å². The molecule has 0 unspecified atom stereocenters. The number of carbonyl (C=O) groups excluding carboxylic acids is 1. The van der Waals surface area contributed by atoms with Gasteiger partial charge in [-0.1, -0.05) is 42.5 Å². The molecule has 0 atom stereocenters. The summed E-state index contributed by atoms with van der Waals surface area (Å²) >= 11 is 1.60. The van der Waals surface area contributed by atoms with Crippen molar-refractivity contribution in [3.8, 4) is 5.75 Å².